The molecule has 0 unspecified atom stereocenters. The monoisotopic (exact) mass is 365 g/mol. The van der Waals surface area contributed by atoms with E-state index >= 15 is 0 Å². The van der Waals surface area contributed by atoms with E-state index in [0.29, 0.717) is 24.6 Å². The number of aromatic nitrogens is 4. The number of rotatable bonds is 6. The van der Waals surface area contributed by atoms with Crippen molar-refractivity contribution in [1.82, 2.24) is 24.9 Å². The first-order valence-electron chi connectivity index (χ1n) is 8.92. The van der Waals surface area contributed by atoms with Crippen LogP contribution in [-0.4, -0.2) is 32.0 Å². The lowest BCUT2D eigenvalue weighted by molar-refractivity contribution is 0.0949. The van der Waals surface area contributed by atoms with Crippen molar-refractivity contribution in [1.29, 1.82) is 0 Å². The molecule has 0 spiro atoms. The van der Waals surface area contributed by atoms with Crippen molar-refractivity contribution in [2.24, 2.45) is 0 Å². The van der Waals surface area contributed by atoms with Crippen LogP contribution in [0.2, 0.25) is 0 Å². The van der Waals surface area contributed by atoms with Crippen molar-refractivity contribution in [2.75, 3.05) is 6.54 Å². The molecular weight excluding hydrogens is 342 g/mol. The molecule has 0 aliphatic carbocycles. The van der Waals surface area contributed by atoms with Crippen molar-refractivity contribution in [3.8, 4) is 5.69 Å². The number of aryl methyl sites for hydroxylation is 1. The molecule has 0 aliphatic rings. The Morgan fingerprint density at radius 1 is 1.22 bits per heavy atom. The van der Waals surface area contributed by atoms with E-state index < -0.39 is 0 Å². The van der Waals surface area contributed by atoms with Crippen LogP contribution in [0.3, 0.4) is 0 Å². The molecule has 140 valence electrons. The van der Waals surface area contributed by atoms with Gasteiger partial charge in [-0.25, -0.2) is 0 Å². The smallest absolute Gasteiger partial charge is 0.268 e. The van der Waals surface area contributed by atoms with Crippen LogP contribution in [0.4, 0.5) is 0 Å². The number of hydrogen-bond acceptors (Lipinski definition) is 4. The topological polar surface area (TPSA) is 81.8 Å². The quantitative estimate of drug-likeness (QED) is 0.727. The fourth-order valence-corrected chi connectivity index (χ4v) is 2.86. The number of carbonyl (C=O) groups is 1. The first-order chi connectivity index (χ1) is 13.0. The summed E-state index contributed by atoms with van der Waals surface area (Å²) < 4.78 is 3.14. The Balaban J connectivity index is 1.86. The molecular formula is C20H23N5O2. The van der Waals surface area contributed by atoms with Crippen LogP contribution in [0.5, 0.6) is 0 Å². The maximum absolute atomic E-state index is 13.0. The summed E-state index contributed by atoms with van der Waals surface area (Å²) in [5, 5.41) is 10.4. The molecule has 3 aromatic rings. The molecule has 1 amide bonds. The van der Waals surface area contributed by atoms with Crippen molar-refractivity contribution < 1.29 is 4.79 Å². The fraction of sp³-hybridized carbons (Fsp3) is 0.300. The molecule has 3 rings (SSSR count). The SMILES string of the molecule is Cc1ccn(-c2cccc(C(C)C)c2)c(=O)c1C(=O)NCCn1ccnn1. The molecule has 0 saturated carbocycles. The van der Waals surface area contributed by atoms with E-state index in [-0.39, 0.29) is 17.0 Å². The van der Waals surface area contributed by atoms with Crippen LogP contribution < -0.4 is 10.9 Å². The number of nitrogens with one attached hydrogen (secondary N) is 1. The summed E-state index contributed by atoms with van der Waals surface area (Å²) >= 11 is 0. The van der Waals surface area contributed by atoms with E-state index in [1.54, 1.807) is 36.3 Å². The van der Waals surface area contributed by atoms with Gasteiger partial charge < -0.3 is 5.32 Å². The van der Waals surface area contributed by atoms with Gasteiger partial charge in [0.25, 0.3) is 11.5 Å². The van der Waals surface area contributed by atoms with Crippen LogP contribution in [0.25, 0.3) is 5.69 Å². The minimum atomic E-state index is -0.382. The predicted molar refractivity (Wildman–Crippen MR) is 103 cm³/mol. The third-order valence-corrected chi connectivity index (χ3v) is 4.44. The maximum atomic E-state index is 13.0. The van der Waals surface area contributed by atoms with Gasteiger partial charge in [-0.15, -0.1) is 5.10 Å². The summed E-state index contributed by atoms with van der Waals surface area (Å²) in [7, 11) is 0. The Bertz CT molecular complexity index is 990. The van der Waals surface area contributed by atoms with Gasteiger partial charge in [-0.1, -0.05) is 31.2 Å². The molecule has 0 bridgehead atoms. The summed E-state index contributed by atoms with van der Waals surface area (Å²) in [6, 6.07) is 9.60. The maximum Gasteiger partial charge on any atom is 0.268 e. The number of carbonyl (C=O) groups excluding carboxylic acids is 1. The lowest BCUT2D eigenvalue weighted by Gasteiger charge is -2.13. The number of nitrogens with zero attached hydrogens (tertiary/aromatic N) is 4. The summed E-state index contributed by atoms with van der Waals surface area (Å²) in [6.07, 6.45) is 5.00. The zero-order valence-electron chi connectivity index (χ0n) is 15.7. The summed E-state index contributed by atoms with van der Waals surface area (Å²) in [5.74, 6) is -0.0300. The van der Waals surface area contributed by atoms with E-state index in [1.165, 1.54) is 4.57 Å². The Hall–Kier alpha value is -3.22. The number of pyridine rings is 1. The Kier molecular flexibility index (Phi) is 5.49. The van der Waals surface area contributed by atoms with Crippen molar-refractivity contribution in [3.63, 3.8) is 0 Å². The fourth-order valence-electron chi connectivity index (χ4n) is 2.86. The molecule has 0 fully saturated rings. The van der Waals surface area contributed by atoms with Crippen molar-refractivity contribution in [2.45, 2.75) is 33.2 Å². The zero-order chi connectivity index (χ0) is 19.4. The third kappa shape index (κ3) is 4.13. The summed E-state index contributed by atoms with van der Waals surface area (Å²) in [5.41, 5.74) is 2.37. The van der Waals surface area contributed by atoms with Gasteiger partial charge in [-0.3, -0.25) is 18.8 Å². The Morgan fingerprint density at radius 2 is 2.04 bits per heavy atom. The van der Waals surface area contributed by atoms with Gasteiger partial charge in [0.05, 0.1) is 12.7 Å². The van der Waals surface area contributed by atoms with Crippen molar-refractivity contribution in [3.05, 3.63) is 76.0 Å². The molecule has 7 nitrogen and oxygen atoms in total. The third-order valence-electron chi connectivity index (χ3n) is 4.44. The molecule has 0 atom stereocenters. The molecule has 0 radical (unpaired) electrons. The van der Waals surface area contributed by atoms with Gasteiger partial charge in [-0.2, -0.15) is 0 Å². The Labute approximate surface area is 157 Å². The van der Waals surface area contributed by atoms with Gasteiger partial charge in [0.1, 0.15) is 5.56 Å². The largest absolute Gasteiger partial charge is 0.350 e. The van der Waals surface area contributed by atoms with Crippen LogP contribution >= 0.6 is 0 Å². The normalized spacial score (nSPS) is 11.0. The highest BCUT2D eigenvalue weighted by atomic mass is 16.2. The van der Waals surface area contributed by atoms with Gasteiger partial charge in [0, 0.05) is 24.6 Å². The average Bonchev–Trinajstić information content (AvgIpc) is 3.15. The lowest BCUT2D eigenvalue weighted by Crippen LogP contribution is -2.35. The number of benzene rings is 1. The standard InChI is InChI=1S/C20H23N5O2/c1-14(2)16-5-4-6-17(13-16)25-10-7-15(3)18(20(25)27)19(26)21-8-11-24-12-9-22-23-24/h4-7,9-10,12-14H,8,11H2,1-3H3,(H,21,26). The molecule has 27 heavy (non-hydrogen) atoms. The summed E-state index contributed by atoms with van der Waals surface area (Å²) in [4.78, 5) is 25.6. The van der Waals surface area contributed by atoms with Crippen LogP contribution in [0.1, 0.15) is 41.3 Å². The molecule has 1 aromatic carbocycles. The zero-order valence-corrected chi connectivity index (χ0v) is 15.7. The van der Waals surface area contributed by atoms with Crippen molar-refractivity contribution >= 4 is 5.91 Å². The second kappa shape index (κ2) is 7.99. The van der Waals surface area contributed by atoms with E-state index in [9.17, 15) is 9.59 Å². The molecule has 2 aromatic heterocycles. The first-order valence-corrected chi connectivity index (χ1v) is 8.92. The Morgan fingerprint density at radius 3 is 2.74 bits per heavy atom. The summed E-state index contributed by atoms with van der Waals surface area (Å²) in [6.45, 7) is 6.82. The van der Waals surface area contributed by atoms with Crippen LogP contribution in [0, 0.1) is 6.92 Å². The minimum absolute atomic E-state index is 0.158. The van der Waals surface area contributed by atoms with Gasteiger partial charge >= 0.3 is 0 Å². The van der Waals surface area contributed by atoms with Gasteiger partial charge in [0.2, 0.25) is 0 Å². The van der Waals surface area contributed by atoms with E-state index in [4.69, 9.17) is 0 Å². The highest BCUT2D eigenvalue weighted by Gasteiger charge is 2.16. The van der Waals surface area contributed by atoms with Crippen LogP contribution in [-0.2, 0) is 6.54 Å². The minimum Gasteiger partial charge on any atom is -0.350 e. The van der Waals surface area contributed by atoms with E-state index in [1.807, 2.05) is 24.3 Å². The molecule has 0 aliphatic heterocycles. The van der Waals surface area contributed by atoms with E-state index in [0.717, 1.165) is 11.3 Å². The number of hydrogen-bond donors (Lipinski definition) is 1. The molecule has 0 saturated heterocycles. The lowest BCUT2D eigenvalue weighted by atomic mass is 10.0. The second-order valence-corrected chi connectivity index (χ2v) is 6.72. The predicted octanol–water partition coefficient (Wildman–Crippen LogP) is 2.29. The van der Waals surface area contributed by atoms with Crippen LogP contribution in [0.15, 0.2) is 53.7 Å². The average molecular weight is 365 g/mol. The van der Waals surface area contributed by atoms with Gasteiger partial charge in [0.15, 0.2) is 0 Å². The molecule has 1 N–H and O–H groups in total. The highest BCUT2D eigenvalue weighted by molar-refractivity contribution is 5.95. The van der Waals surface area contributed by atoms with E-state index in [2.05, 4.69) is 29.5 Å². The molecule has 7 heteroatoms. The second-order valence-electron chi connectivity index (χ2n) is 6.72. The first kappa shape index (κ1) is 18.6. The molecule has 2 heterocycles. The number of amides is 1. The highest BCUT2D eigenvalue weighted by Crippen LogP contribution is 2.17. The van der Waals surface area contributed by atoms with Gasteiger partial charge in [-0.05, 0) is 42.2 Å².